The summed E-state index contributed by atoms with van der Waals surface area (Å²) in [7, 11) is -5.76. The summed E-state index contributed by atoms with van der Waals surface area (Å²) >= 11 is 6.61. The highest BCUT2D eigenvalue weighted by Gasteiger charge is 2.40. The van der Waals surface area contributed by atoms with E-state index < -0.39 is 18.2 Å². The third kappa shape index (κ3) is 4.34. The SMILES string of the molecule is CC(C)n1c(CO[Si](C)(C)C(C)(C)C)c(-c2noc(C3CC3)c2S(C)(=O)=O)c2c(Cl)ncnc21. The molecule has 11 heteroatoms. The summed E-state index contributed by atoms with van der Waals surface area (Å²) in [6.45, 7) is 15.3. The molecule has 0 aliphatic heterocycles. The second-order valence-corrected chi connectivity index (χ2v) is 18.1. The van der Waals surface area contributed by atoms with Gasteiger partial charge in [-0.1, -0.05) is 37.5 Å². The lowest BCUT2D eigenvalue weighted by molar-refractivity contribution is 0.265. The second-order valence-electron chi connectivity index (χ2n) is 11.0. The first-order valence-electron chi connectivity index (χ1n) is 11.5. The number of aromatic nitrogens is 4. The number of halogens is 1. The van der Waals surface area contributed by atoms with E-state index in [1.54, 1.807) is 0 Å². The van der Waals surface area contributed by atoms with Crippen LogP contribution < -0.4 is 0 Å². The minimum Gasteiger partial charge on any atom is -0.411 e. The zero-order valence-corrected chi connectivity index (χ0v) is 23.6. The van der Waals surface area contributed by atoms with Crippen molar-refractivity contribution in [1.29, 1.82) is 0 Å². The predicted octanol–water partition coefficient (Wildman–Crippen LogP) is 6.12. The summed E-state index contributed by atoms with van der Waals surface area (Å²) in [6, 6.07) is 0.0109. The summed E-state index contributed by atoms with van der Waals surface area (Å²) in [5, 5.41) is 5.11. The van der Waals surface area contributed by atoms with E-state index in [1.807, 2.05) is 18.4 Å². The Balaban J connectivity index is 2.04. The van der Waals surface area contributed by atoms with Gasteiger partial charge in [0.2, 0.25) is 0 Å². The minimum atomic E-state index is -3.63. The highest BCUT2D eigenvalue weighted by Crippen LogP contribution is 2.48. The fourth-order valence-electron chi connectivity index (χ4n) is 3.98. The molecule has 3 aromatic rings. The van der Waals surface area contributed by atoms with Crippen molar-refractivity contribution in [2.75, 3.05) is 6.26 Å². The molecule has 0 amide bonds. The molecule has 0 radical (unpaired) electrons. The zero-order valence-electron chi connectivity index (χ0n) is 21.1. The number of nitrogens with zero attached hydrogens (tertiary/aromatic N) is 4. The summed E-state index contributed by atoms with van der Waals surface area (Å²) in [5.74, 6) is 0.496. The van der Waals surface area contributed by atoms with E-state index >= 15 is 0 Å². The number of hydrogen-bond donors (Lipinski definition) is 0. The van der Waals surface area contributed by atoms with Crippen LogP contribution in [0.5, 0.6) is 0 Å². The molecule has 4 rings (SSSR count). The monoisotopic (exact) mass is 524 g/mol. The predicted molar refractivity (Wildman–Crippen MR) is 135 cm³/mol. The van der Waals surface area contributed by atoms with Gasteiger partial charge >= 0.3 is 0 Å². The fraction of sp³-hybridized carbons (Fsp3) is 0.609. The van der Waals surface area contributed by atoms with Gasteiger partial charge in [0, 0.05) is 23.8 Å². The van der Waals surface area contributed by atoms with Crippen LogP contribution in [0.3, 0.4) is 0 Å². The quantitative estimate of drug-likeness (QED) is 0.271. The molecular weight excluding hydrogens is 492 g/mol. The zero-order chi connectivity index (χ0) is 25.2. The lowest BCUT2D eigenvalue weighted by Gasteiger charge is -2.36. The van der Waals surface area contributed by atoms with Gasteiger partial charge in [-0.25, -0.2) is 18.4 Å². The molecule has 34 heavy (non-hydrogen) atoms. The lowest BCUT2D eigenvalue weighted by atomic mass is 10.1. The molecule has 186 valence electrons. The van der Waals surface area contributed by atoms with Crippen molar-refractivity contribution in [3.05, 3.63) is 22.9 Å². The van der Waals surface area contributed by atoms with Crippen LogP contribution in [0.15, 0.2) is 15.7 Å². The molecule has 0 saturated heterocycles. The highest BCUT2D eigenvalue weighted by atomic mass is 35.5. The van der Waals surface area contributed by atoms with Crippen molar-refractivity contribution >= 4 is 40.8 Å². The summed E-state index contributed by atoms with van der Waals surface area (Å²) in [5.41, 5.74) is 2.23. The number of sulfone groups is 1. The molecule has 0 bridgehead atoms. The second kappa shape index (κ2) is 8.43. The van der Waals surface area contributed by atoms with Crippen molar-refractivity contribution in [3.63, 3.8) is 0 Å². The molecule has 0 unspecified atom stereocenters. The molecule has 1 saturated carbocycles. The first-order chi connectivity index (χ1) is 15.6. The first-order valence-corrected chi connectivity index (χ1v) is 16.7. The molecule has 3 aromatic heterocycles. The summed E-state index contributed by atoms with van der Waals surface area (Å²) < 4.78 is 40.3. The Hall–Kier alpha value is -1.75. The Kier molecular flexibility index (Phi) is 6.28. The highest BCUT2D eigenvalue weighted by molar-refractivity contribution is 7.90. The van der Waals surface area contributed by atoms with Crippen molar-refractivity contribution in [2.24, 2.45) is 0 Å². The topological polar surface area (TPSA) is 100 Å². The summed E-state index contributed by atoms with van der Waals surface area (Å²) in [6.07, 6.45) is 4.38. The maximum atomic E-state index is 13.0. The van der Waals surface area contributed by atoms with Gasteiger partial charge < -0.3 is 13.5 Å². The molecule has 3 heterocycles. The van der Waals surface area contributed by atoms with Crippen molar-refractivity contribution in [3.8, 4) is 11.3 Å². The van der Waals surface area contributed by atoms with E-state index in [-0.39, 0.29) is 39.3 Å². The Labute approximate surface area is 207 Å². The van der Waals surface area contributed by atoms with Crippen LogP contribution in [-0.2, 0) is 20.9 Å². The van der Waals surface area contributed by atoms with Crippen LogP contribution in [0.1, 0.15) is 70.9 Å². The normalized spacial score (nSPS) is 15.6. The maximum absolute atomic E-state index is 13.0. The van der Waals surface area contributed by atoms with Gasteiger partial charge in [0.1, 0.15) is 27.7 Å². The smallest absolute Gasteiger partial charge is 0.192 e. The van der Waals surface area contributed by atoms with Crippen molar-refractivity contribution in [2.45, 2.75) is 89.1 Å². The van der Waals surface area contributed by atoms with Gasteiger partial charge in [-0.15, -0.1) is 0 Å². The molecule has 0 atom stereocenters. The number of fused-ring (bicyclic) bond motifs is 1. The Morgan fingerprint density at radius 2 is 1.91 bits per heavy atom. The molecule has 1 fully saturated rings. The largest absolute Gasteiger partial charge is 0.411 e. The van der Waals surface area contributed by atoms with Gasteiger partial charge in [0.25, 0.3) is 0 Å². The molecule has 8 nitrogen and oxygen atoms in total. The van der Waals surface area contributed by atoms with E-state index in [1.165, 1.54) is 12.6 Å². The Bertz CT molecular complexity index is 1350. The molecule has 1 aliphatic carbocycles. The van der Waals surface area contributed by atoms with Crippen LogP contribution in [-0.4, -0.2) is 42.7 Å². The van der Waals surface area contributed by atoms with E-state index in [0.717, 1.165) is 18.5 Å². The van der Waals surface area contributed by atoms with Crippen molar-refractivity contribution in [1.82, 2.24) is 19.7 Å². The summed E-state index contributed by atoms with van der Waals surface area (Å²) in [4.78, 5) is 8.86. The van der Waals surface area contributed by atoms with Crippen LogP contribution in [0.2, 0.25) is 23.3 Å². The first kappa shape index (κ1) is 25.3. The maximum Gasteiger partial charge on any atom is 0.192 e. The standard InChI is InChI=1S/C23H33ClN4O4SSi/c1-13(2)28-15(11-31-34(7,8)23(3,4)5)16(17-21(24)25-12-26-22(17)28)18-20(33(6,29)30)19(32-27-18)14-9-10-14/h12-14H,9-11H2,1-8H3. The molecular formula is C23H33ClN4O4SSi. The minimum absolute atomic E-state index is 0.00421. The van der Waals surface area contributed by atoms with E-state index in [2.05, 4.69) is 49.0 Å². The van der Waals surface area contributed by atoms with Crippen LogP contribution in [0, 0.1) is 0 Å². The van der Waals surface area contributed by atoms with Crippen LogP contribution in [0.25, 0.3) is 22.3 Å². The average molecular weight is 525 g/mol. The molecule has 0 N–H and O–H groups in total. The third-order valence-corrected chi connectivity index (χ3v) is 12.9. The average Bonchev–Trinajstić information content (AvgIpc) is 3.34. The molecule has 0 spiro atoms. The molecule has 0 aromatic carbocycles. The Morgan fingerprint density at radius 1 is 1.26 bits per heavy atom. The fourth-order valence-corrected chi connectivity index (χ4v) is 6.19. The van der Waals surface area contributed by atoms with E-state index in [0.29, 0.717) is 22.4 Å². The van der Waals surface area contributed by atoms with E-state index in [4.69, 9.17) is 20.6 Å². The van der Waals surface area contributed by atoms with Gasteiger partial charge in [0.05, 0.1) is 17.7 Å². The number of hydrogen-bond acceptors (Lipinski definition) is 7. The van der Waals surface area contributed by atoms with Gasteiger partial charge in [-0.2, -0.15) is 0 Å². The Morgan fingerprint density at radius 3 is 2.44 bits per heavy atom. The van der Waals surface area contributed by atoms with Crippen molar-refractivity contribution < 1.29 is 17.4 Å². The van der Waals surface area contributed by atoms with E-state index in [9.17, 15) is 8.42 Å². The van der Waals surface area contributed by atoms with Gasteiger partial charge in [0.15, 0.2) is 23.9 Å². The van der Waals surface area contributed by atoms with Gasteiger partial charge in [-0.3, -0.25) is 0 Å². The molecule has 1 aliphatic rings. The number of rotatable bonds is 7. The van der Waals surface area contributed by atoms with Crippen LogP contribution in [0.4, 0.5) is 0 Å². The third-order valence-electron chi connectivity index (χ3n) is 6.96. The lowest BCUT2D eigenvalue weighted by Crippen LogP contribution is -2.40. The van der Waals surface area contributed by atoms with Crippen LogP contribution >= 0.6 is 11.6 Å². The van der Waals surface area contributed by atoms with Gasteiger partial charge in [-0.05, 0) is 44.8 Å².